The molecule has 2 aromatic rings. The zero-order valence-electron chi connectivity index (χ0n) is 16.8. The fraction of sp³-hybridized carbons (Fsp3) is 0.381. The van der Waals surface area contributed by atoms with Crippen LogP contribution in [0.25, 0.3) is 0 Å². The van der Waals surface area contributed by atoms with Crippen LogP contribution in [0.2, 0.25) is 5.02 Å². The summed E-state index contributed by atoms with van der Waals surface area (Å²) in [6, 6.07) is 5.94. The van der Waals surface area contributed by atoms with Crippen LogP contribution >= 0.6 is 11.6 Å². The van der Waals surface area contributed by atoms with Crippen molar-refractivity contribution in [1.82, 2.24) is 4.98 Å². The topological polar surface area (TPSA) is 68.3 Å². The van der Waals surface area contributed by atoms with E-state index in [4.69, 9.17) is 16.3 Å². The zero-order valence-corrected chi connectivity index (χ0v) is 17.5. The van der Waals surface area contributed by atoms with Gasteiger partial charge in [0, 0.05) is 23.6 Å². The Morgan fingerprint density at radius 3 is 2.53 bits per heavy atom. The molecule has 5 nitrogen and oxygen atoms in total. The monoisotopic (exact) mass is 442 g/mol. The van der Waals surface area contributed by atoms with Crippen LogP contribution in [0.4, 0.5) is 19.0 Å². The number of carbonyl (C=O) groups is 2. The molecule has 0 aliphatic rings. The minimum absolute atomic E-state index is 0.0216. The maximum absolute atomic E-state index is 12.8. The van der Waals surface area contributed by atoms with Gasteiger partial charge in [-0.05, 0) is 43.7 Å². The maximum Gasteiger partial charge on any atom is 0.416 e. The van der Waals surface area contributed by atoms with Crippen molar-refractivity contribution < 1.29 is 27.5 Å². The number of benzene rings is 1. The first-order chi connectivity index (χ1) is 14.0. The normalized spacial score (nSPS) is 11.5. The molecule has 0 bridgehead atoms. The molecule has 0 aliphatic carbocycles. The number of carbonyl (C=O) groups excluding carboxylic acids is 2. The van der Waals surface area contributed by atoms with Crippen LogP contribution in [-0.4, -0.2) is 23.3 Å². The fourth-order valence-electron chi connectivity index (χ4n) is 2.51. The van der Waals surface area contributed by atoms with E-state index in [1.54, 1.807) is 26.8 Å². The van der Waals surface area contributed by atoms with Gasteiger partial charge in [0.15, 0.2) is 5.78 Å². The average molecular weight is 443 g/mol. The Morgan fingerprint density at radius 1 is 1.20 bits per heavy atom. The van der Waals surface area contributed by atoms with Crippen LogP contribution < -0.4 is 10.1 Å². The van der Waals surface area contributed by atoms with Gasteiger partial charge >= 0.3 is 6.18 Å². The Morgan fingerprint density at radius 2 is 1.90 bits per heavy atom. The summed E-state index contributed by atoms with van der Waals surface area (Å²) in [5, 5.41) is 2.72. The van der Waals surface area contributed by atoms with Gasteiger partial charge in [0.25, 0.3) is 0 Å². The Labute approximate surface area is 177 Å². The molecule has 1 aromatic heterocycles. The highest BCUT2D eigenvalue weighted by molar-refractivity contribution is 6.32. The van der Waals surface area contributed by atoms with Gasteiger partial charge in [-0.1, -0.05) is 25.4 Å². The van der Waals surface area contributed by atoms with E-state index < -0.39 is 11.7 Å². The van der Waals surface area contributed by atoms with E-state index >= 15 is 0 Å². The molecule has 1 amide bonds. The SMILES string of the molecule is Cc1cc(C(=O)CCCOc2cc(C(F)(F)F)ccc2Cl)cc(NC(=O)C(C)C)n1. The number of anilines is 1. The number of nitrogens with one attached hydrogen (secondary N) is 1. The number of aryl methyl sites for hydroxylation is 1. The quantitative estimate of drug-likeness (QED) is 0.420. The zero-order chi connectivity index (χ0) is 22.5. The first kappa shape index (κ1) is 23.7. The second-order valence-corrected chi connectivity index (χ2v) is 7.45. The van der Waals surface area contributed by atoms with Crippen molar-refractivity contribution in [3.8, 4) is 5.75 Å². The van der Waals surface area contributed by atoms with Crippen molar-refractivity contribution in [2.24, 2.45) is 5.92 Å². The number of pyridine rings is 1. The van der Waals surface area contributed by atoms with Crippen molar-refractivity contribution in [3.05, 3.63) is 52.2 Å². The van der Waals surface area contributed by atoms with E-state index in [0.717, 1.165) is 18.2 Å². The van der Waals surface area contributed by atoms with Gasteiger partial charge in [-0.25, -0.2) is 4.98 Å². The number of amides is 1. The standard InChI is InChI=1S/C21H22ClF3N2O3/c1-12(2)20(29)27-19-10-14(9-13(3)26-19)17(28)5-4-8-30-18-11-15(21(23,24)25)6-7-16(18)22/h6-7,9-12H,4-5,8H2,1-3H3,(H,26,27,29). The molecule has 2 rings (SSSR count). The molecule has 1 N–H and O–H groups in total. The number of Topliss-reactive ketones (excluding diaryl/α,β-unsaturated/α-hetero) is 1. The molecule has 0 spiro atoms. The summed E-state index contributed by atoms with van der Waals surface area (Å²) in [5.74, 6) is -0.426. The summed E-state index contributed by atoms with van der Waals surface area (Å²) in [6.07, 6.45) is -4.11. The molecule has 1 heterocycles. The van der Waals surface area contributed by atoms with Crippen molar-refractivity contribution in [2.75, 3.05) is 11.9 Å². The largest absolute Gasteiger partial charge is 0.492 e. The van der Waals surface area contributed by atoms with Gasteiger partial charge < -0.3 is 10.1 Å². The molecular formula is C21H22ClF3N2O3. The minimum atomic E-state index is -4.50. The average Bonchev–Trinajstić information content (AvgIpc) is 2.64. The lowest BCUT2D eigenvalue weighted by molar-refractivity contribution is -0.137. The van der Waals surface area contributed by atoms with Gasteiger partial charge in [0.05, 0.1) is 17.2 Å². The maximum atomic E-state index is 12.8. The molecule has 0 saturated heterocycles. The third-order valence-electron chi connectivity index (χ3n) is 4.12. The van der Waals surface area contributed by atoms with Gasteiger partial charge in [0.2, 0.25) is 5.91 Å². The number of ketones is 1. The molecule has 0 saturated carbocycles. The molecule has 0 atom stereocenters. The number of hydrogen-bond acceptors (Lipinski definition) is 4. The van der Waals surface area contributed by atoms with Crippen molar-refractivity contribution in [3.63, 3.8) is 0 Å². The first-order valence-corrected chi connectivity index (χ1v) is 9.67. The predicted octanol–water partition coefficient (Wildman–Crippen LogP) is 5.70. The lowest BCUT2D eigenvalue weighted by Gasteiger charge is -2.12. The van der Waals surface area contributed by atoms with Crippen molar-refractivity contribution in [1.29, 1.82) is 0 Å². The summed E-state index contributed by atoms with van der Waals surface area (Å²) in [6.45, 7) is 5.22. The number of alkyl halides is 3. The lowest BCUT2D eigenvalue weighted by atomic mass is 10.1. The number of halogens is 4. The highest BCUT2D eigenvalue weighted by Gasteiger charge is 2.31. The van der Waals surface area contributed by atoms with Crippen molar-refractivity contribution >= 4 is 29.1 Å². The third kappa shape index (κ3) is 6.73. The molecule has 0 fully saturated rings. The van der Waals surface area contributed by atoms with E-state index in [-0.39, 0.29) is 47.8 Å². The Hall–Kier alpha value is -2.61. The van der Waals surface area contributed by atoms with Gasteiger partial charge in [-0.15, -0.1) is 0 Å². The number of nitrogens with zero attached hydrogens (tertiary/aromatic N) is 1. The molecule has 162 valence electrons. The van der Waals surface area contributed by atoms with Crippen LogP contribution in [0.1, 0.15) is 48.3 Å². The van der Waals surface area contributed by atoms with Crippen LogP contribution in [-0.2, 0) is 11.0 Å². The molecule has 1 aromatic carbocycles. The lowest BCUT2D eigenvalue weighted by Crippen LogP contribution is -2.19. The van der Waals surface area contributed by atoms with Gasteiger partial charge in [0.1, 0.15) is 11.6 Å². The van der Waals surface area contributed by atoms with Crippen LogP contribution in [0.5, 0.6) is 5.75 Å². The fourth-order valence-corrected chi connectivity index (χ4v) is 2.69. The Bertz CT molecular complexity index is 930. The summed E-state index contributed by atoms with van der Waals surface area (Å²) < 4.78 is 43.7. The van der Waals surface area contributed by atoms with Crippen LogP contribution in [0, 0.1) is 12.8 Å². The summed E-state index contributed by atoms with van der Waals surface area (Å²) >= 11 is 5.88. The number of rotatable bonds is 8. The van der Waals surface area contributed by atoms with E-state index in [2.05, 4.69) is 10.3 Å². The highest BCUT2D eigenvalue weighted by Crippen LogP contribution is 2.35. The smallest absolute Gasteiger partial charge is 0.416 e. The second-order valence-electron chi connectivity index (χ2n) is 7.04. The van der Waals surface area contributed by atoms with Crippen LogP contribution in [0.15, 0.2) is 30.3 Å². The van der Waals surface area contributed by atoms with Gasteiger partial charge in [-0.2, -0.15) is 13.2 Å². The second kappa shape index (κ2) is 9.93. The Kier molecular flexibility index (Phi) is 7.83. The van der Waals surface area contributed by atoms with Crippen molar-refractivity contribution in [2.45, 2.75) is 39.8 Å². The number of ether oxygens (including phenoxy) is 1. The predicted molar refractivity (Wildman–Crippen MR) is 108 cm³/mol. The van der Waals surface area contributed by atoms with E-state index in [0.29, 0.717) is 17.1 Å². The molecule has 0 radical (unpaired) electrons. The van der Waals surface area contributed by atoms with E-state index in [1.807, 2.05) is 0 Å². The molecule has 9 heteroatoms. The Balaban J connectivity index is 1.95. The third-order valence-corrected chi connectivity index (χ3v) is 4.43. The summed E-state index contributed by atoms with van der Waals surface area (Å²) in [7, 11) is 0. The highest BCUT2D eigenvalue weighted by atomic mass is 35.5. The number of aromatic nitrogens is 1. The molecule has 0 unspecified atom stereocenters. The van der Waals surface area contributed by atoms with E-state index in [9.17, 15) is 22.8 Å². The van der Waals surface area contributed by atoms with E-state index in [1.165, 1.54) is 6.07 Å². The molecule has 0 aliphatic heterocycles. The number of hydrogen-bond donors (Lipinski definition) is 1. The molecular weight excluding hydrogens is 421 g/mol. The molecule has 30 heavy (non-hydrogen) atoms. The summed E-state index contributed by atoms with van der Waals surface area (Å²) in [4.78, 5) is 28.5. The summed E-state index contributed by atoms with van der Waals surface area (Å²) in [5.41, 5.74) is 0.103. The first-order valence-electron chi connectivity index (χ1n) is 9.29. The van der Waals surface area contributed by atoms with Crippen LogP contribution in [0.3, 0.4) is 0 Å². The van der Waals surface area contributed by atoms with Gasteiger partial charge in [-0.3, -0.25) is 9.59 Å². The minimum Gasteiger partial charge on any atom is -0.492 e.